The summed E-state index contributed by atoms with van der Waals surface area (Å²) in [5, 5.41) is 9.94. The van der Waals surface area contributed by atoms with Crippen molar-refractivity contribution < 1.29 is 32.1 Å². The minimum atomic E-state index is -4.20. The van der Waals surface area contributed by atoms with Crippen LogP contribution in [-0.2, 0) is 24.5 Å². The maximum atomic E-state index is 13.2. The number of carbonyl (C=O) groups is 3. The number of carboxylic acid groups (broad SMARTS) is 1. The Morgan fingerprint density at radius 1 is 0.921 bits per heavy atom. The summed E-state index contributed by atoms with van der Waals surface area (Å²) in [5.41, 5.74) is 2.61. The number of benzene rings is 2. The predicted molar refractivity (Wildman–Crippen MR) is 140 cm³/mol. The summed E-state index contributed by atoms with van der Waals surface area (Å²) < 4.78 is 30.8. The maximum absolute atomic E-state index is 13.2. The first kappa shape index (κ1) is 26.5. The van der Waals surface area contributed by atoms with Crippen LogP contribution in [0.3, 0.4) is 0 Å². The number of carbonyl (C=O) groups excluding carboxylic acids is 2. The SMILES string of the molecule is O=C(O)CN1C2=C(C(=O)CCC2)C(c2ccc(OS(=O)(=O)c3ccc(Cl)cc3)c(Cl)c2)C2=C1CCCC2=O. The van der Waals surface area contributed by atoms with Crippen molar-refractivity contribution in [3.63, 3.8) is 0 Å². The van der Waals surface area contributed by atoms with Crippen LogP contribution in [0.15, 0.2) is 69.9 Å². The van der Waals surface area contributed by atoms with E-state index in [4.69, 9.17) is 27.4 Å². The fourth-order valence-corrected chi connectivity index (χ4v) is 6.75. The van der Waals surface area contributed by atoms with Crippen LogP contribution in [0.2, 0.25) is 10.0 Å². The van der Waals surface area contributed by atoms with Crippen LogP contribution in [0, 0.1) is 0 Å². The molecule has 38 heavy (non-hydrogen) atoms. The molecule has 0 saturated carbocycles. The van der Waals surface area contributed by atoms with Gasteiger partial charge in [-0.15, -0.1) is 0 Å². The van der Waals surface area contributed by atoms with Gasteiger partial charge in [0.2, 0.25) is 0 Å². The molecule has 0 aromatic heterocycles. The molecule has 2 aromatic carbocycles. The molecule has 0 saturated heterocycles. The Labute approximate surface area is 229 Å². The van der Waals surface area contributed by atoms with E-state index in [0.717, 1.165) is 0 Å². The minimum absolute atomic E-state index is 0.0104. The van der Waals surface area contributed by atoms with Gasteiger partial charge in [-0.3, -0.25) is 14.4 Å². The van der Waals surface area contributed by atoms with Gasteiger partial charge in [-0.05, 0) is 67.6 Å². The highest BCUT2D eigenvalue weighted by molar-refractivity contribution is 7.87. The molecule has 5 rings (SSSR count). The van der Waals surface area contributed by atoms with Crippen molar-refractivity contribution in [3.8, 4) is 5.75 Å². The Balaban J connectivity index is 1.58. The molecule has 0 bridgehead atoms. The number of ketones is 2. The van der Waals surface area contributed by atoms with Gasteiger partial charge in [0.1, 0.15) is 11.4 Å². The maximum Gasteiger partial charge on any atom is 0.339 e. The van der Waals surface area contributed by atoms with E-state index in [-0.39, 0.29) is 33.8 Å². The second-order valence-electron chi connectivity index (χ2n) is 9.37. The van der Waals surface area contributed by atoms with Crippen LogP contribution >= 0.6 is 23.2 Å². The topological polar surface area (TPSA) is 118 Å². The fraction of sp³-hybridized carbons (Fsp3) is 0.296. The van der Waals surface area contributed by atoms with Crippen molar-refractivity contribution >= 4 is 50.9 Å². The molecule has 2 aromatic rings. The average molecular weight is 576 g/mol. The Morgan fingerprint density at radius 3 is 2.03 bits per heavy atom. The molecule has 0 spiro atoms. The molecule has 0 radical (unpaired) electrons. The highest BCUT2D eigenvalue weighted by Crippen LogP contribution is 2.49. The average Bonchev–Trinajstić information content (AvgIpc) is 2.86. The first-order valence-corrected chi connectivity index (χ1v) is 14.2. The highest BCUT2D eigenvalue weighted by atomic mass is 35.5. The van der Waals surface area contributed by atoms with E-state index in [2.05, 4.69) is 0 Å². The Kier molecular flexibility index (Phi) is 7.11. The Morgan fingerprint density at radius 2 is 1.50 bits per heavy atom. The number of halogens is 2. The molecule has 1 N–H and O–H groups in total. The van der Waals surface area contributed by atoms with E-state index in [0.29, 0.717) is 71.7 Å². The summed E-state index contributed by atoms with van der Waals surface area (Å²) in [6.45, 7) is -0.332. The van der Waals surface area contributed by atoms with E-state index < -0.39 is 22.0 Å². The molecule has 8 nitrogen and oxygen atoms in total. The Hall–Kier alpha value is -3.14. The first-order chi connectivity index (χ1) is 18.1. The number of hydrogen-bond acceptors (Lipinski definition) is 7. The van der Waals surface area contributed by atoms with Gasteiger partial charge in [0.15, 0.2) is 17.3 Å². The normalized spacial score (nSPS) is 18.4. The van der Waals surface area contributed by atoms with Gasteiger partial charge >= 0.3 is 16.1 Å². The fourth-order valence-electron chi connectivity index (χ4n) is 5.41. The van der Waals surface area contributed by atoms with Gasteiger partial charge in [0.25, 0.3) is 0 Å². The van der Waals surface area contributed by atoms with Gasteiger partial charge in [0, 0.05) is 46.3 Å². The zero-order valence-corrected chi connectivity index (χ0v) is 22.4. The molecule has 0 fully saturated rings. The van der Waals surface area contributed by atoms with E-state index >= 15 is 0 Å². The largest absolute Gasteiger partial charge is 0.480 e. The molecule has 3 aliphatic rings. The molecule has 1 aliphatic heterocycles. The molecule has 198 valence electrons. The van der Waals surface area contributed by atoms with E-state index in [9.17, 15) is 27.9 Å². The number of hydrogen-bond donors (Lipinski definition) is 1. The lowest BCUT2D eigenvalue weighted by molar-refractivity contribution is -0.138. The standard InChI is InChI=1S/C27H23Cl2NO7S/c28-16-8-10-17(11-9-16)38(35,36)37-23-12-7-15(13-18(23)29)25-26-19(3-1-5-21(26)31)30(14-24(33)34)20-4-2-6-22(32)27(20)25/h7-13,25H,1-6,14H2,(H,33,34). The van der Waals surface area contributed by atoms with Crippen LogP contribution in [0.1, 0.15) is 50.0 Å². The molecule has 2 aliphatic carbocycles. The van der Waals surface area contributed by atoms with Crippen LogP contribution in [0.5, 0.6) is 5.75 Å². The third-order valence-electron chi connectivity index (χ3n) is 6.97. The quantitative estimate of drug-likeness (QED) is 0.463. The van der Waals surface area contributed by atoms with Crippen LogP contribution < -0.4 is 4.18 Å². The number of rotatable bonds is 6. The lowest BCUT2D eigenvalue weighted by Crippen LogP contribution is -2.41. The van der Waals surface area contributed by atoms with Crippen LogP contribution in [-0.4, -0.2) is 42.5 Å². The van der Waals surface area contributed by atoms with Crippen molar-refractivity contribution in [2.75, 3.05) is 6.54 Å². The van der Waals surface area contributed by atoms with Crippen molar-refractivity contribution in [2.24, 2.45) is 0 Å². The summed E-state index contributed by atoms with van der Waals surface area (Å²) >= 11 is 12.3. The van der Waals surface area contributed by atoms with Crippen molar-refractivity contribution in [1.29, 1.82) is 0 Å². The number of carboxylic acids is 1. The van der Waals surface area contributed by atoms with Crippen molar-refractivity contribution in [1.82, 2.24) is 4.90 Å². The van der Waals surface area contributed by atoms with E-state index in [1.165, 1.54) is 36.4 Å². The van der Waals surface area contributed by atoms with Crippen molar-refractivity contribution in [2.45, 2.75) is 49.3 Å². The van der Waals surface area contributed by atoms with Gasteiger partial charge in [-0.1, -0.05) is 29.3 Å². The lowest BCUT2D eigenvalue weighted by Gasteiger charge is -2.43. The Bertz CT molecular complexity index is 1480. The molecular formula is C27H23Cl2NO7S. The molecule has 11 heteroatoms. The zero-order valence-electron chi connectivity index (χ0n) is 20.1. The van der Waals surface area contributed by atoms with Crippen LogP contribution in [0.4, 0.5) is 0 Å². The van der Waals surface area contributed by atoms with Gasteiger partial charge in [0.05, 0.1) is 5.02 Å². The highest BCUT2D eigenvalue weighted by Gasteiger charge is 2.43. The minimum Gasteiger partial charge on any atom is -0.480 e. The number of nitrogens with zero attached hydrogens (tertiary/aromatic N) is 1. The summed E-state index contributed by atoms with van der Waals surface area (Å²) in [6.07, 6.45) is 2.80. The number of Topliss-reactive ketones (excluding diaryl/α,β-unsaturated/α-hetero) is 2. The van der Waals surface area contributed by atoms with E-state index in [1.54, 1.807) is 11.0 Å². The van der Waals surface area contributed by atoms with Crippen molar-refractivity contribution in [3.05, 3.63) is 80.6 Å². The number of allylic oxidation sites excluding steroid dienone is 4. The third-order valence-corrected chi connectivity index (χ3v) is 8.77. The smallest absolute Gasteiger partial charge is 0.339 e. The first-order valence-electron chi connectivity index (χ1n) is 12.1. The molecule has 0 amide bonds. The molecular weight excluding hydrogens is 553 g/mol. The second kappa shape index (κ2) is 10.2. The van der Waals surface area contributed by atoms with Gasteiger partial charge in [-0.2, -0.15) is 8.42 Å². The summed E-state index contributed by atoms with van der Waals surface area (Å²) in [7, 11) is -4.20. The summed E-state index contributed by atoms with van der Waals surface area (Å²) in [6, 6.07) is 9.98. The monoisotopic (exact) mass is 575 g/mol. The molecule has 1 heterocycles. The second-order valence-corrected chi connectivity index (χ2v) is 11.8. The summed E-state index contributed by atoms with van der Waals surface area (Å²) in [5.74, 6) is -2.16. The third kappa shape index (κ3) is 4.86. The predicted octanol–water partition coefficient (Wildman–Crippen LogP) is 5.26. The summed E-state index contributed by atoms with van der Waals surface area (Å²) in [4.78, 5) is 39.7. The zero-order chi connectivity index (χ0) is 27.2. The number of aliphatic carboxylic acids is 1. The van der Waals surface area contributed by atoms with Crippen LogP contribution in [0.25, 0.3) is 0 Å². The lowest BCUT2D eigenvalue weighted by atomic mass is 9.71. The van der Waals surface area contributed by atoms with Gasteiger partial charge in [-0.25, -0.2) is 0 Å². The molecule has 0 unspecified atom stereocenters. The van der Waals surface area contributed by atoms with Gasteiger partial charge < -0.3 is 14.2 Å². The molecule has 0 atom stereocenters. The van der Waals surface area contributed by atoms with E-state index in [1.807, 2.05) is 0 Å².